The van der Waals surface area contributed by atoms with Crippen molar-refractivity contribution in [2.24, 2.45) is 0 Å². The van der Waals surface area contributed by atoms with E-state index in [0.717, 1.165) is 17.9 Å². The number of aliphatic hydroxyl groups is 1. The van der Waals surface area contributed by atoms with Crippen molar-refractivity contribution in [3.63, 3.8) is 0 Å². The predicted octanol–water partition coefficient (Wildman–Crippen LogP) is 1.43. The van der Waals surface area contributed by atoms with Crippen LogP contribution < -0.4 is 14.8 Å². The summed E-state index contributed by atoms with van der Waals surface area (Å²) in [5.74, 6) is 1.48. The lowest BCUT2D eigenvalue weighted by Gasteiger charge is -2.12. The molecule has 17 heavy (non-hydrogen) atoms. The fourth-order valence-electron chi connectivity index (χ4n) is 1.38. The van der Waals surface area contributed by atoms with Crippen molar-refractivity contribution in [1.82, 2.24) is 5.32 Å². The fraction of sp³-hybridized carbons (Fsp3) is 0.538. The average molecular weight is 239 g/mol. The van der Waals surface area contributed by atoms with E-state index in [1.165, 1.54) is 0 Å². The van der Waals surface area contributed by atoms with Gasteiger partial charge in [-0.15, -0.1) is 0 Å². The molecule has 1 unspecified atom stereocenters. The van der Waals surface area contributed by atoms with Crippen LogP contribution in [0.15, 0.2) is 24.3 Å². The van der Waals surface area contributed by atoms with Gasteiger partial charge in [0.1, 0.15) is 6.61 Å². The van der Waals surface area contributed by atoms with Crippen LogP contribution in [-0.2, 0) is 0 Å². The van der Waals surface area contributed by atoms with Crippen LogP contribution in [0.25, 0.3) is 0 Å². The minimum atomic E-state index is -0.277. The van der Waals surface area contributed by atoms with E-state index in [1.54, 1.807) is 7.11 Å². The Kier molecular flexibility index (Phi) is 6.43. The van der Waals surface area contributed by atoms with Gasteiger partial charge in [-0.1, -0.05) is 19.1 Å². The molecular weight excluding hydrogens is 218 g/mol. The van der Waals surface area contributed by atoms with E-state index in [9.17, 15) is 5.11 Å². The van der Waals surface area contributed by atoms with Crippen molar-refractivity contribution >= 4 is 0 Å². The summed E-state index contributed by atoms with van der Waals surface area (Å²) in [6, 6.07) is 7.55. The molecule has 0 bridgehead atoms. The highest BCUT2D eigenvalue weighted by Crippen LogP contribution is 2.25. The van der Waals surface area contributed by atoms with Gasteiger partial charge in [-0.3, -0.25) is 0 Å². The van der Waals surface area contributed by atoms with Crippen molar-refractivity contribution < 1.29 is 14.6 Å². The first-order valence-electron chi connectivity index (χ1n) is 5.92. The van der Waals surface area contributed by atoms with E-state index in [4.69, 9.17) is 9.47 Å². The largest absolute Gasteiger partial charge is 0.493 e. The number of para-hydroxylation sites is 2. The minimum Gasteiger partial charge on any atom is -0.493 e. The Hall–Kier alpha value is -1.26. The second-order valence-electron chi connectivity index (χ2n) is 3.77. The number of ether oxygens (including phenoxy) is 2. The number of methoxy groups -OCH3 is 1. The Bertz CT molecular complexity index is 317. The summed E-state index contributed by atoms with van der Waals surface area (Å²) in [6.45, 7) is 3.81. The Balaban J connectivity index is 2.22. The fourth-order valence-corrected chi connectivity index (χ4v) is 1.38. The molecule has 1 aromatic carbocycles. The van der Waals surface area contributed by atoms with E-state index in [1.807, 2.05) is 31.2 Å². The normalized spacial score (nSPS) is 12.2. The summed E-state index contributed by atoms with van der Waals surface area (Å²) in [5, 5.41) is 12.5. The average Bonchev–Trinajstić information content (AvgIpc) is 2.38. The molecule has 0 aliphatic rings. The first kappa shape index (κ1) is 13.8. The number of hydrogen-bond donors (Lipinski definition) is 2. The summed E-state index contributed by atoms with van der Waals surface area (Å²) < 4.78 is 10.7. The van der Waals surface area contributed by atoms with E-state index in [0.29, 0.717) is 19.7 Å². The topological polar surface area (TPSA) is 50.7 Å². The standard InChI is InChI=1S/C13H21NO3/c1-3-11(15)10-14-8-9-17-13-7-5-4-6-12(13)16-2/h4-7,11,14-15H,3,8-10H2,1-2H3. The molecule has 0 radical (unpaired) electrons. The van der Waals surface area contributed by atoms with Crippen molar-refractivity contribution in [3.05, 3.63) is 24.3 Å². The number of aliphatic hydroxyl groups excluding tert-OH is 1. The molecule has 1 rings (SSSR count). The van der Waals surface area contributed by atoms with E-state index in [-0.39, 0.29) is 6.10 Å². The molecule has 0 aromatic heterocycles. The lowest BCUT2D eigenvalue weighted by molar-refractivity contribution is 0.165. The third-order valence-corrected chi connectivity index (χ3v) is 2.46. The maximum absolute atomic E-state index is 9.33. The lowest BCUT2D eigenvalue weighted by Crippen LogP contribution is -2.29. The highest BCUT2D eigenvalue weighted by molar-refractivity contribution is 5.39. The molecule has 96 valence electrons. The highest BCUT2D eigenvalue weighted by Gasteiger charge is 2.02. The lowest BCUT2D eigenvalue weighted by atomic mass is 10.3. The molecule has 1 atom stereocenters. The van der Waals surface area contributed by atoms with Gasteiger partial charge in [-0.2, -0.15) is 0 Å². The molecule has 4 heteroatoms. The Morgan fingerprint density at radius 2 is 2.00 bits per heavy atom. The molecule has 0 aliphatic carbocycles. The van der Waals surface area contributed by atoms with Crippen molar-refractivity contribution in [1.29, 1.82) is 0 Å². The third kappa shape index (κ3) is 5.06. The Morgan fingerprint density at radius 1 is 1.29 bits per heavy atom. The number of hydrogen-bond acceptors (Lipinski definition) is 4. The number of benzene rings is 1. The molecule has 1 aromatic rings. The van der Waals surface area contributed by atoms with Crippen LogP contribution in [0.5, 0.6) is 11.5 Å². The first-order valence-corrected chi connectivity index (χ1v) is 5.92. The summed E-state index contributed by atoms with van der Waals surface area (Å²) >= 11 is 0. The Labute approximate surface area is 103 Å². The minimum absolute atomic E-state index is 0.277. The summed E-state index contributed by atoms with van der Waals surface area (Å²) in [6.07, 6.45) is 0.488. The molecule has 0 spiro atoms. The monoisotopic (exact) mass is 239 g/mol. The summed E-state index contributed by atoms with van der Waals surface area (Å²) in [4.78, 5) is 0. The van der Waals surface area contributed by atoms with Gasteiger partial charge < -0.3 is 19.9 Å². The summed E-state index contributed by atoms with van der Waals surface area (Å²) in [5.41, 5.74) is 0. The zero-order valence-corrected chi connectivity index (χ0v) is 10.5. The smallest absolute Gasteiger partial charge is 0.161 e. The van der Waals surface area contributed by atoms with Gasteiger partial charge in [0.25, 0.3) is 0 Å². The number of nitrogens with one attached hydrogen (secondary N) is 1. The van der Waals surface area contributed by atoms with Gasteiger partial charge in [-0.05, 0) is 18.6 Å². The van der Waals surface area contributed by atoms with Crippen LogP contribution in [-0.4, -0.2) is 38.0 Å². The zero-order valence-electron chi connectivity index (χ0n) is 10.5. The predicted molar refractivity (Wildman–Crippen MR) is 67.7 cm³/mol. The second kappa shape index (κ2) is 7.92. The van der Waals surface area contributed by atoms with Crippen LogP contribution in [0.3, 0.4) is 0 Å². The molecule has 2 N–H and O–H groups in total. The molecule has 0 saturated heterocycles. The van der Waals surface area contributed by atoms with Crippen molar-refractivity contribution in [3.8, 4) is 11.5 Å². The Morgan fingerprint density at radius 3 is 2.65 bits per heavy atom. The molecule has 4 nitrogen and oxygen atoms in total. The molecule has 0 amide bonds. The van der Waals surface area contributed by atoms with E-state index in [2.05, 4.69) is 5.32 Å². The molecule has 0 fully saturated rings. The first-order chi connectivity index (χ1) is 8.27. The van der Waals surface area contributed by atoms with Crippen LogP contribution in [0, 0.1) is 0 Å². The second-order valence-corrected chi connectivity index (χ2v) is 3.77. The molecule has 0 aliphatic heterocycles. The van der Waals surface area contributed by atoms with Crippen LogP contribution >= 0.6 is 0 Å². The molecule has 0 saturated carbocycles. The van der Waals surface area contributed by atoms with Gasteiger partial charge in [0.05, 0.1) is 13.2 Å². The van der Waals surface area contributed by atoms with Gasteiger partial charge in [0.2, 0.25) is 0 Å². The number of rotatable bonds is 8. The van der Waals surface area contributed by atoms with Crippen molar-refractivity contribution in [2.45, 2.75) is 19.4 Å². The van der Waals surface area contributed by atoms with Crippen LogP contribution in [0.1, 0.15) is 13.3 Å². The van der Waals surface area contributed by atoms with Crippen molar-refractivity contribution in [2.75, 3.05) is 26.8 Å². The SMILES string of the molecule is CCC(O)CNCCOc1ccccc1OC. The third-order valence-electron chi connectivity index (χ3n) is 2.46. The maximum Gasteiger partial charge on any atom is 0.161 e. The molecule has 0 heterocycles. The van der Waals surface area contributed by atoms with Gasteiger partial charge >= 0.3 is 0 Å². The summed E-state index contributed by atoms with van der Waals surface area (Å²) in [7, 11) is 1.62. The van der Waals surface area contributed by atoms with E-state index >= 15 is 0 Å². The maximum atomic E-state index is 9.33. The quantitative estimate of drug-likeness (QED) is 0.674. The van der Waals surface area contributed by atoms with Gasteiger partial charge in [0.15, 0.2) is 11.5 Å². The van der Waals surface area contributed by atoms with Crippen LogP contribution in [0.2, 0.25) is 0 Å². The highest BCUT2D eigenvalue weighted by atomic mass is 16.5. The van der Waals surface area contributed by atoms with Crippen LogP contribution in [0.4, 0.5) is 0 Å². The van der Waals surface area contributed by atoms with E-state index < -0.39 is 0 Å². The zero-order chi connectivity index (χ0) is 12.5. The van der Waals surface area contributed by atoms with Gasteiger partial charge in [-0.25, -0.2) is 0 Å². The van der Waals surface area contributed by atoms with Gasteiger partial charge in [0, 0.05) is 13.1 Å². The molecular formula is C13H21NO3.